The maximum absolute atomic E-state index is 12.8. The SMILES string of the molecule is O=C(O)CC1COCCN1C(=O)c1ccc2cc(Br)ccc2c1. The van der Waals surface area contributed by atoms with E-state index in [1.54, 1.807) is 11.0 Å². The van der Waals surface area contributed by atoms with E-state index in [2.05, 4.69) is 15.9 Å². The van der Waals surface area contributed by atoms with Crippen molar-refractivity contribution >= 4 is 38.6 Å². The van der Waals surface area contributed by atoms with Gasteiger partial charge in [-0.05, 0) is 35.0 Å². The zero-order valence-corrected chi connectivity index (χ0v) is 14.0. The molecule has 1 unspecified atom stereocenters. The predicted octanol–water partition coefficient (Wildman–Crippen LogP) is 2.92. The number of morpholine rings is 1. The Hall–Kier alpha value is -1.92. The molecule has 0 radical (unpaired) electrons. The second-order valence-corrected chi connectivity index (χ2v) is 6.45. The number of ether oxygens (including phenoxy) is 1. The highest BCUT2D eigenvalue weighted by Crippen LogP contribution is 2.23. The van der Waals surface area contributed by atoms with Crippen LogP contribution in [0.25, 0.3) is 10.8 Å². The van der Waals surface area contributed by atoms with Crippen LogP contribution >= 0.6 is 15.9 Å². The van der Waals surface area contributed by atoms with Crippen LogP contribution in [0.3, 0.4) is 0 Å². The molecule has 3 rings (SSSR count). The fourth-order valence-corrected chi connectivity index (χ4v) is 3.19. The fourth-order valence-electron chi connectivity index (χ4n) is 2.81. The lowest BCUT2D eigenvalue weighted by atomic mass is 10.0. The Morgan fingerprint density at radius 1 is 1.22 bits per heavy atom. The van der Waals surface area contributed by atoms with Gasteiger partial charge in [-0.25, -0.2) is 0 Å². The summed E-state index contributed by atoms with van der Waals surface area (Å²) in [4.78, 5) is 25.4. The van der Waals surface area contributed by atoms with Crippen LogP contribution in [0.5, 0.6) is 0 Å². The lowest BCUT2D eigenvalue weighted by Crippen LogP contribution is -2.49. The number of halogens is 1. The van der Waals surface area contributed by atoms with E-state index in [-0.39, 0.29) is 18.9 Å². The van der Waals surface area contributed by atoms with Crippen molar-refractivity contribution in [3.63, 3.8) is 0 Å². The summed E-state index contributed by atoms with van der Waals surface area (Å²) in [7, 11) is 0. The average Bonchev–Trinajstić information content (AvgIpc) is 2.53. The average molecular weight is 378 g/mol. The number of fused-ring (bicyclic) bond motifs is 1. The molecule has 5 nitrogen and oxygen atoms in total. The summed E-state index contributed by atoms with van der Waals surface area (Å²) in [5.41, 5.74) is 0.567. The number of hydrogen-bond donors (Lipinski definition) is 1. The van der Waals surface area contributed by atoms with Gasteiger partial charge in [0.25, 0.3) is 5.91 Å². The molecule has 1 atom stereocenters. The molecule has 1 fully saturated rings. The normalized spacial score (nSPS) is 18.1. The van der Waals surface area contributed by atoms with Crippen LogP contribution in [0, 0.1) is 0 Å². The van der Waals surface area contributed by atoms with Crippen LogP contribution in [0.2, 0.25) is 0 Å². The zero-order chi connectivity index (χ0) is 16.4. The summed E-state index contributed by atoms with van der Waals surface area (Å²) in [6, 6.07) is 11.0. The molecule has 0 bridgehead atoms. The number of carboxylic acid groups (broad SMARTS) is 1. The molecule has 1 saturated heterocycles. The van der Waals surface area contributed by atoms with Crippen LogP contribution in [0.1, 0.15) is 16.8 Å². The summed E-state index contributed by atoms with van der Waals surface area (Å²) in [5, 5.41) is 11.0. The summed E-state index contributed by atoms with van der Waals surface area (Å²) in [5.74, 6) is -1.08. The van der Waals surface area contributed by atoms with Crippen molar-refractivity contribution < 1.29 is 19.4 Å². The molecule has 0 spiro atoms. The van der Waals surface area contributed by atoms with Gasteiger partial charge in [0.15, 0.2) is 0 Å². The smallest absolute Gasteiger partial charge is 0.305 e. The van der Waals surface area contributed by atoms with Crippen molar-refractivity contribution in [2.45, 2.75) is 12.5 Å². The number of amides is 1. The molecule has 2 aromatic carbocycles. The zero-order valence-electron chi connectivity index (χ0n) is 12.4. The van der Waals surface area contributed by atoms with Gasteiger partial charge in [-0.15, -0.1) is 0 Å². The van der Waals surface area contributed by atoms with Crippen molar-refractivity contribution in [1.29, 1.82) is 0 Å². The van der Waals surface area contributed by atoms with Crippen LogP contribution in [-0.2, 0) is 9.53 Å². The molecule has 1 amide bonds. The highest BCUT2D eigenvalue weighted by atomic mass is 79.9. The Balaban J connectivity index is 1.88. The standard InChI is InChI=1S/C17H16BrNO4/c18-14-4-3-11-7-13(2-1-12(11)8-14)17(22)19-5-6-23-10-15(19)9-16(20)21/h1-4,7-8,15H,5-6,9-10H2,(H,20,21). The topological polar surface area (TPSA) is 66.8 Å². The Bertz CT molecular complexity index is 761. The number of carbonyl (C=O) groups excluding carboxylic acids is 1. The Morgan fingerprint density at radius 2 is 1.96 bits per heavy atom. The van der Waals surface area contributed by atoms with Crippen molar-refractivity contribution in [3.05, 3.63) is 46.4 Å². The minimum absolute atomic E-state index is 0.105. The van der Waals surface area contributed by atoms with Gasteiger partial charge < -0.3 is 14.7 Å². The number of hydrogen-bond acceptors (Lipinski definition) is 3. The van der Waals surface area contributed by atoms with Gasteiger partial charge in [-0.1, -0.05) is 28.1 Å². The van der Waals surface area contributed by atoms with E-state index in [9.17, 15) is 9.59 Å². The van der Waals surface area contributed by atoms with Gasteiger partial charge >= 0.3 is 5.97 Å². The third kappa shape index (κ3) is 3.54. The van der Waals surface area contributed by atoms with Gasteiger partial charge in [0.1, 0.15) is 0 Å². The predicted molar refractivity (Wildman–Crippen MR) is 89.5 cm³/mol. The van der Waals surface area contributed by atoms with Gasteiger partial charge in [0.2, 0.25) is 0 Å². The van der Waals surface area contributed by atoms with Crippen molar-refractivity contribution in [2.75, 3.05) is 19.8 Å². The molecule has 1 N–H and O–H groups in total. The second-order valence-electron chi connectivity index (χ2n) is 5.53. The largest absolute Gasteiger partial charge is 0.481 e. The lowest BCUT2D eigenvalue weighted by molar-refractivity contribution is -0.139. The third-order valence-corrected chi connectivity index (χ3v) is 4.44. The van der Waals surface area contributed by atoms with Crippen molar-refractivity contribution in [2.24, 2.45) is 0 Å². The minimum atomic E-state index is -0.929. The van der Waals surface area contributed by atoms with E-state index in [4.69, 9.17) is 9.84 Å². The molecule has 1 aliphatic heterocycles. The Morgan fingerprint density at radius 3 is 2.74 bits per heavy atom. The highest BCUT2D eigenvalue weighted by molar-refractivity contribution is 9.10. The molecule has 0 aliphatic carbocycles. The number of carboxylic acids is 1. The third-order valence-electron chi connectivity index (χ3n) is 3.95. The first-order valence-electron chi connectivity index (χ1n) is 7.34. The van der Waals surface area contributed by atoms with E-state index in [0.29, 0.717) is 18.7 Å². The second kappa shape index (κ2) is 6.68. The van der Waals surface area contributed by atoms with Crippen molar-refractivity contribution in [1.82, 2.24) is 4.90 Å². The summed E-state index contributed by atoms with van der Waals surface area (Å²) in [6.45, 7) is 1.11. The summed E-state index contributed by atoms with van der Waals surface area (Å²) in [6.07, 6.45) is -0.105. The molecular weight excluding hydrogens is 362 g/mol. The molecule has 1 aliphatic rings. The maximum atomic E-state index is 12.8. The number of rotatable bonds is 3. The van der Waals surface area contributed by atoms with Gasteiger partial charge in [0.05, 0.1) is 25.7 Å². The first-order valence-corrected chi connectivity index (χ1v) is 8.14. The van der Waals surface area contributed by atoms with Gasteiger partial charge in [-0.2, -0.15) is 0 Å². The lowest BCUT2D eigenvalue weighted by Gasteiger charge is -2.35. The summed E-state index contributed by atoms with van der Waals surface area (Å²) < 4.78 is 6.31. The number of nitrogens with zero attached hydrogens (tertiary/aromatic N) is 1. The van der Waals surface area contributed by atoms with Gasteiger partial charge in [-0.3, -0.25) is 9.59 Å². The first kappa shape index (κ1) is 16.0. The van der Waals surface area contributed by atoms with Crippen LogP contribution < -0.4 is 0 Å². The monoisotopic (exact) mass is 377 g/mol. The number of carbonyl (C=O) groups is 2. The molecule has 6 heteroatoms. The molecule has 0 aromatic heterocycles. The minimum Gasteiger partial charge on any atom is -0.481 e. The quantitative estimate of drug-likeness (QED) is 0.892. The highest BCUT2D eigenvalue weighted by Gasteiger charge is 2.29. The van der Waals surface area contributed by atoms with Crippen LogP contribution in [-0.4, -0.2) is 47.7 Å². The first-order chi connectivity index (χ1) is 11.0. The molecule has 0 saturated carbocycles. The van der Waals surface area contributed by atoms with Crippen LogP contribution in [0.4, 0.5) is 0 Å². The molecule has 23 heavy (non-hydrogen) atoms. The number of aliphatic carboxylic acids is 1. The Kier molecular flexibility index (Phi) is 4.63. The fraction of sp³-hybridized carbons (Fsp3) is 0.294. The van der Waals surface area contributed by atoms with E-state index in [1.807, 2.05) is 30.3 Å². The molecule has 120 valence electrons. The van der Waals surface area contributed by atoms with E-state index < -0.39 is 12.0 Å². The van der Waals surface area contributed by atoms with E-state index in [1.165, 1.54) is 0 Å². The molecular formula is C17H16BrNO4. The Labute approximate surface area is 142 Å². The molecule has 1 heterocycles. The number of benzene rings is 2. The van der Waals surface area contributed by atoms with Crippen molar-refractivity contribution in [3.8, 4) is 0 Å². The van der Waals surface area contributed by atoms with Crippen LogP contribution in [0.15, 0.2) is 40.9 Å². The van der Waals surface area contributed by atoms with Gasteiger partial charge in [0, 0.05) is 16.6 Å². The summed E-state index contributed by atoms with van der Waals surface area (Å²) >= 11 is 3.43. The molecule has 2 aromatic rings. The van der Waals surface area contributed by atoms with E-state index >= 15 is 0 Å². The maximum Gasteiger partial charge on any atom is 0.305 e. The van der Waals surface area contributed by atoms with E-state index in [0.717, 1.165) is 15.2 Å².